The first-order valence-corrected chi connectivity index (χ1v) is 9.83. The highest BCUT2D eigenvalue weighted by molar-refractivity contribution is 7.84. The number of benzene rings is 1. The molecule has 0 unspecified atom stereocenters. The van der Waals surface area contributed by atoms with Crippen molar-refractivity contribution in [3.05, 3.63) is 41.5 Å². The molecule has 1 N–H and O–H groups in total. The first-order valence-electron chi connectivity index (χ1n) is 8.28. The minimum atomic E-state index is -1.03. The Morgan fingerprint density at radius 2 is 2.00 bits per heavy atom. The lowest BCUT2D eigenvalue weighted by atomic mass is 10.2. The van der Waals surface area contributed by atoms with Gasteiger partial charge in [-0.1, -0.05) is 6.42 Å². The molecule has 6 nitrogen and oxygen atoms in total. The third kappa shape index (κ3) is 3.90. The molecule has 24 heavy (non-hydrogen) atoms. The number of carbonyl (C=O) groups is 1. The maximum Gasteiger partial charge on any atom is 0.251 e. The molecule has 1 aromatic carbocycles. The molecule has 7 heteroatoms. The lowest BCUT2D eigenvalue weighted by Crippen LogP contribution is -2.26. The summed E-state index contributed by atoms with van der Waals surface area (Å²) >= 11 is 0. The summed E-state index contributed by atoms with van der Waals surface area (Å²) in [4.78, 5) is 12.9. The van der Waals surface area contributed by atoms with Gasteiger partial charge in [0.25, 0.3) is 5.91 Å². The van der Waals surface area contributed by atoms with E-state index in [4.69, 9.17) is 0 Å². The standard InChI is InChI=1S/C17H22N4O2S/c1-24(23)14-8-6-13(7-9-14)17(22)18-11-10-16-20-19-15-5-3-2-4-12-21(15)16/h6-9H,2-5,10-12H2,1H3,(H,18,22)/t24-/m0/s1. The van der Waals surface area contributed by atoms with Crippen LogP contribution in [-0.4, -0.2) is 37.7 Å². The monoisotopic (exact) mass is 346 g/mol. The molecule has 0 saturated carbocycles. The summed E-state index contributed by atoms with van der Waals surface area (Å²) in [6, 6.07) is 6.86. The van der Waals surface area contributed by atoms with Crippen LogP contribution >= 0.6 is 0 Å². The van der Waals surface area contributed by atoms with E-state index in [1.165, 1.54) is 12.8 Å². The van der Waals surface area contributed by atoms with Crippen LogP contribution in [0.1, 0.15) is 41.3 Å². The predicted molar refractivity (Wildman–Crippen MR) is 92.4 cm³/mol. The zero-order valence-corrected chi connectivity index (χ0v) is 14.6. The molecule has 1 aliphatic heterocycles. The Labute approximate surface area is 144 Å². The van der Waals surface area contributed by atoms with Gasteiger partial charge >= 0.3 is 0 Å². The van der Waals surface area contributed by atoms with E-state index in [2.05, 4.69) is 20.1 Å². The van der Waals surface area contributed by atoms with Gasteiger partial charge in [0.1, 0.15) is 11.6 Å². The van der Waals surface area contributed by atoms with Crippen LogP contribution in [0, 0.1) is 0 Å². The quantitative estimate of drug-likeness (QED) is 0.894. The van der Waals surface area contributed by atoms with Crippen LogP contribution in [-0.2, 0) is 30.2 Å². The van der Waals surface area contributed by atoms with Crippen molar-refractivity contribution in [3.63, 3.8) is 0 Å². The Kier molecular flexibility index (Phi) is 5.40. The number of rotatable bonds is 5. The van der Waals surface area contributed by atoms with Gasteiger partial charge in [-0.15, -0.1) is 10.2 Å². The molecule has 1 aromatic heterocycles. The molecule has 0 spiro atoms. The summed E-state index contributed by atoms with van der Waals surface area (Å²) < 4.78 is 13.6. The minimum Gasteiger partial charge on any atom is -0.352 e. The number of hydrogen-bond acceptors (Lipinski definition) is 4. The highest BCUT2D eigenvalue weighted by Gasteiger charge is 2.14. The fourth-order valence-corrected chi connectivity index (χ4v) is 3.44. The largest absolute Gasteiger partial charge is 0.352 e. The van der Waals surface area contributed by atoms with E-state index in [-0.39, 0.29) is 5.91 Å². The number of nitrogens with zero attached hydrogens (tertiary/aromatic N) is 3. The van der Waals surface area contributed by atoms with Gasteiger partial charge in [-0.3, -0.25) is 9.00 Å². The molecule has 1 atom stereocenters. The zero-order valence-electron chi connectivity index (χ0n) is 13.8. The Morgan fingerprint density at radius 3 is 2.75 bits per heavy atom. The van der Waals surface area contributed by atoms with Crippen LogP contribution in [0.15, 0.2) is 29.2 Å². The van der Waals surface area contributed by atoms with Crippen molar-refractivity contribution in [2.75, 3.05) is 12.8 Å². The highest BCUT2D eigenvalue weighted by atomic mass is 32.2. The van der Waals surface area contributed by atoms with E-state index in [1.54, 1.807) is 30.5 Å². The lowest BCUT2D eigenvalue weighted by Gasteiger charge is -2.08. The van der Waals surface area contributed by atoms with Crippen molar-refractivity contribution in [3.8, 4) is 0 Å². The van der Waals surface area contributed by atoms with Gasteiger partial charge in [-0.25, -0.2) is 0 Å². The molecule has 128 valence electrons. The second-order valence-electron chi connectivity index (χ2n) is 5.98. The Bertz CT molecular complexity index is 740. The van der Waals surface area contributed by atoms with Gasteiger partial charge in [0, 0.05) is 53.4 Å². The predicted octanol–water partition coefficient (Wildman–Crippen LogP) is 1.71. The van der Waals surface area contributed by atoms with E-state index < -0.39 is 10.8 Å². The SMILES string of the molecule is C[S@](=O)c1ccc(C(=O)NCCc2nnc3n2CCCCC3)cc1. The summed E-state index contributed by atoms with van der Waals surface area (Å²) in [7, 11) is -1.03. The van der Waals surface area contributed by atoms with Crippen LogP contribution in [0.2, 0.25) is 0 Å². The second-order valence-corrected chi connectivity index (χ2v) is 7.36. The average molecular weight is 346 g/mol. The number of fused-ring (bicyclic) bond motifs is 1. The van der Waals surface area contributed by atoms with Gasteiger partial charge in [0.2, 0.25) is 0 Å². The molecule has 0 radical (unpaired) electrons. The zero-order chi connectivity index (χ0) is 16.9. The molecule has 1 aliphatic rings. The number of carbonyl (C=O) groups excluding carboxylic acids is 1. The minimum absolute atomic E-state index is 0.126. The molecule has 3 rings (SSSR count). The molecular formula is C17H22N4O2S. The van der Waals surface area contributed by atoms with E-state index >= 15 is 0 Å². The summed E-state index contributed by atoms with van der Waals surface area (Å²) in [5.41, 5.74) is 0.573. The number of hydrogen-bond donors (Lipinski definition) is 1. The fourth-order valence-electron chi connectivity index (χ4n) is 2.92. The van der Waals surface area contributed by atoms with Gasteiger partial charge in [-0.2, -0.15) is 0 Å². The number of aryl methyl sites for hydroxylation is 1. The molecule has 0 aliphatic carbocycles. The maximum absolute atomic E-state index is 12.2. The smallest absolute Gasteiger partial charge is 0.251 e. The third-order valence-electron chi connectivity index (χ3n) is 4.27. The van der Waals surface area contributed by atoms with Crippen molar-refractivity contribution in [1.29, 1.82) is 0 Å². The van der Waals surface area contributed by atoms with Gasteiger partial charge < -0.3 is 9.88 Å². The van der Waals surface area contributed by atoms with Crippen LogP contribution in [0.4, 0.5) is 0 Å². The molecule has 2 heterocycles. The van der Waals surface area contributed by atoms with Crippen molar-refractivity contribution in [2.45, 2.75) is 43.5 Å². The molecule has 0 bridgehead atoms. The van der Waals surface area contributed by atoms with Crippen molar-refractivity contribution in [2.24, 2.45) is 0 Å². The Morgan fingerprint density at radius 1 is 1.21 bits per heavy atom. The van der Waals surface area contributed by atoms with E-state index in [0.717, 1.165) is 35.9 Å². The third-order valence-corrected chi connectivity index (χ3v) is 5.20. The van der Waals surface area contributed by atoms with Crippen LogP contribution in [0.5, 0.6) is 0 Å². The van der Waals surface area contributed by atoms with Crippen LogP contribution in [0.25, 0.3) is 0 Å². The van der Waals surface area contributed by atoms with Crippen molar-refractivity contribution >= 4 is 16.7 Å². The van der Waals surface area contributed by atoms with E-state index in [9.17, 15) is 9.00 Å². The second kappa shape index (κ2) is 7.70. The number of aromatic nitrogens is 3. The summed E-state index contributed by atoms with van der Waals surface area (Å²) in [6.07, 6.45) is 6.86. The average Bonchev–Trinajstić information content (AvgIpc) is 2.81. The summed E-state index contributed by atoms with van der Waals surface area (Å²) in [5, 5.41) is 11.5. The molecular weight excluding hydrogens is 324 g/mol. The Hall–Kier alpha value is -2.02. The number of nitrogens with one attached hydrogen (secondary N) is 1. The topological polar surface area (TPSA) is 76.9 Å². The first-order chi connectivity index (χ1) is 11.6. The fraction of sp³-hybridized carbons (Fsp3) is 0.471. The molecule has 0 fully saturated rings. The maximum atomic E-state index is 12.2. The van der Waals surface area contributed by atoms with Crippen molar-refractivity contribution < 1.29 is 9.00 Å². The van der Waals surface area contributed by atoms with Gasteiger partial charge in [-0.05, 0) is 37.1 Å². The van der Waals surface area contributed by atoms with E-state index in [1.807, 2.05) is 0 Å². The Balaban J connectivity index is 1.55. The highest BCUT2D eigenvalue weighted by Crippen LogP contribution is 2.14. The summed E-state index contributed by atoms with van der Waals surface area (Å²) in [5.74, 6) is 1.89. The lowest BCUT2D eigenvalue weighted by molar-refractivity contribution is 0.0954. The summed E-state index contributed by atoms with van der Waals surface area (Å²) in [6.45, 7) is 1.50. The molecule has 0 saturated heterocycles. The van der Waals surface area contributed by atoms with Crippen LogP contribution in [0.3, 0.4) is 0 Å². The normalized spacial score (nSPS) is 15.4. The van der Waals surface area contributed by atoms with Crippen LogP contribution < -0.4 is 5.32 Å². The number of amides is 1. The first kappa shape index (κ1) is 16.8. The van der Waals surface area contributed by atoms with E-state index in [0.29, 0.717) is 18.5 Å². The van der Waals surface area contributed by atoms with Gasteiger partial charge in [0.15, 0.2) is 0 Å². The molecule has 2 aromatic rings. The van der Waals surface area contributed by atoms with Crippen molar-refractivity contribution in [1.82, 2.24) is 20.1 Å². The van der Waals surface area contributed by atoms with Gasteiger partial charge in [0.05, 0.1) is 0 Å². The molecule has 1 amide bonds.